The van der Waals surface area contributed by atoms with E-state index in [0.29, 0.717) is 13.2 Å². The van der Waals surface area contributed by atoms with Crippen LogP contribution < -0.4 is 5.32 Å². The Hall–Kier alpha value is -0.220. The Balaban J connectivity index is 2.54. The van der Waals surface area contributed by atoms with Crippen LogP contribution in [0.3, 0.4) is 0 Å². The summed E-state index contributed by atoms with van der Waals surface area (Å²) in [4.78, 5) is 0. The van der Waals surface area contributed by atoms with Crippen LogP contribution in [0.1, 0.15) is 19.8 Å². The molecule has 0 aromatic heterocycles. The lowest BCUT2D eigenvalue weighted by Crippen LogP contribution is -2.49. The molecular weight excluding hydrogens is 176 g/mol. The van der Waals surface area contributed by atoms with Gasteiger partial charge in [0, 0.05) is 19.4 Å². The maximum atomic E-state index is 13.1. The van der Waals surface area contributed by atoms with Gasteiger partial charge >= 0.3 is 0 Å². The Bertz CT molecular complexity index is 152. The summed E-state index contributed by atoms with van der Waals surface area (Å²) in [5.74, 6) is -2.72. The van der Waals surface area contributed by atoms with E-state index < -0.39 is 12.0 Å². The third-order valence-electron chi connectivity index (χ3n) is 2.52. The van der Waals surface area contributed by atoms with Crippen molar-refractivity contribution in [3.05, 3.63) is 0 Å². The highest BCUT2D eigenvalue weighted by atomic mass is 19.3. The second-order valence-electron chi connectivity index (χ2n) is 3.70. The molecule has 2 nitrogen and oxygen atoms in total. The molecule has 1 saturated heterocycles. The molecule has 0 radical (unpaired) electrons. The number of hydrogen-bond donors (Lipinski definition) is 1. The Kier molecular flexibility index (Phi) is 3.62. The molecule has 0 aromatic carbocycles. The summed E-state index contributed by atoms with van der Waals surface area (Å²) in [5.41, 5.74) is 0. The first kappa shape index (κ1) is 10.9. The van der Waals surface area contributed by atoms with Crippen LogP contribution in [0.5, 0.6) is 0 Å². The molecule has 4 heteroatoms. The van der Waals surface area contributed by atoms with Crippen molar-refractivity contribution in [2.24, 2.45) is 5.92 Å². The van der Waals surface area contributed by atoms with Crippen LogP contribution in [-0.4, -0.2) is 32.2 Å². The number of halogens is 2. The van der Waals surface area contributed by atoms with Gasteiger partial charge in [0.2, 0.25) is 0 Å². The molecule has 0 bridgehead atoms. The van der Waals surface area contributed by atoms with Crippen molar-refractivity contribution < 1.29 is 13.5 Å². The Labute approximate surface area is 77.6 Å². The van der Waals surface area contributed by atoms with Crippen LogP contribution in [0.2, 0.25) is 0 Å². The van der Waals surface area contributed by atoms with E-state index in [2.05, 4.69) is 5.32 Å². The molecule has 0 amide bonds. The van der Waals surface area contributed by atoms with Gasteiger partial charge in [0.25, 0.3) is 5.92 Å². The van der Waals surface area contributed by atoms with Gasteiger partial charge in [0.1, 0.15) is 0 Å². The molecule has 1 heterocycles. The molecule has 13 heavy (non-hydrogen) atoms. The number of rotatable bonds is 3. The second kappa shape index (κ2) is 4.33. The minimum atomic E-state index is -2.67. The van der Waals surface area contributed by atoms with Crippen molar-refractivity contribution in [2.45, 2.75) is 31.7 Å². The SMILES string of the molecule is CNC(C1CCCOC1)C(C)(F)F. The van der Waals surface area contributed by atoms with E-state index in [-0.39, 0.29) is 5.92 Å². The summed E-state index contributed by atoms with van der Waals surface area (Å²) in [6.07, 6.45) is 1.72. The first-order valence-corrected chi connectivity index (χ1v) is 4.68. The Morgan fingerprint density at radius 2 is 2.23 bits per heavy atom. The maximum Gasteiger partial charge on any atom is 0.260 e. The van der Waals surface area contributed by atoms with Crippen LogP contribution in [0.4, 0.5) is 8.78 Å². The normalized spacial score (nSPS) is 27.2. The monoisotopic (exact) mass is 193 g/mol. The smallest absolute Gasteiger partial charge is 0.260 e. The number of nitrogens with one attached hydrogen (secondary N) is 1. The molecule has 1 aliphatic heterocycles. The fraction of sp³-hybridized carbons (Fsp3) is 1.00. The number of hydrogen-bond acceptors (Lipinski definition) is 2. The minimum absolute atomic E-state index is 0.0567. The quantitative estimate of drug-likeness (QED) is 0.736. The lowest BCUT2D eigenvalue weighted by Gasteiger charge is -2.33. The third kappa shape index (κ3) is 2.88. The van der Waals surface area contributed by atoms with Gasteiger partial charge in [-0.25, -0.2) is 8.78 Å². The van der Waals surface area contributed by atoms with E-state index in [1.165, 1.54) is 0 Å². The lowest BCUT2D eigenvalue weighted by molar-refractivity contribution is -0.0652. The van der Waals surface area contributed by atoms with Crippen molar-refractivity contribution in [1.29, 1.82) is 0 Å². The highest BCUT2D eigenvalue weighted by molar-refractivity contribution is 4.86. The molecule has 0 aromatic rings. The van der Waals surface area contributed by atoms with Gasteiger partial charge in [-0.05, 0) is 19.9 Å². The topological polar surface area (TPSA) is 21.3 Å². The van der Waals surface area contributed by atoms with Crippen LogP contribution in [0.15, 0.2) is 0 Å². The average Bonchev–Trinajstić information content (AvgIpc) is 2.05. The first-order valence-electron chi connectivity index (χ1n) is 4.68. The van der Waals surface area contributed by atoms with Crippen molar-refractivity contribution in [3.8, 4) is 0 Å². The van der Waals surface area contributed by atoms with Crippen LogP contribution in [-0.2, 0) is 4.74 Å². The van der Waals surface area contributed by atoms with Crippen LogP contribution in [0.25, 0.3) is 0 Å². The van der Waals surface area contributed by atoms with E-state index in [0.717, 1.165) is 19.8 Å². The zero-order chi connectivity index (χ0) is 9.90. The number of alkyl halides is 2. The molecule has 1 fully saturated rings. The molecule has 2 unspecified atom stereocenters. The summed E-state index contributed by atoms with van der Waals surface area (Å²) in [6, 6.07) is -0.757. The van der Waals surface area contributed by atoms with E-state index >= 15 is 0 Å². The summed E-state index contributed by atoms with van der Waals surface area (Å²) in [7, 11) is 1.58. The lowest BCUT2D eigenvalue weighted by atomic mass is 9.90. The molecule has 0 aliphatic carbocycles. The van der Waals surface area contributed by atoms with Gasteiger partial charge in [-0.15, -0.1) is 0 Å². The fourth-order valence-electron chi connectivity index (χ4n) is 1.93. The van der Waals surface area contributed by atoms with Crippen molar-refractivity contribution in [3.63, 3.8) is 0 Å². The summed E-state index contributed by atoms with van der Waals surface area (Å²) in [5, 5.41) is 2.68. The fourth-order valence-corrected chi connectivity index (χ4v) is 1.93. The molecular formula is C9H17F2NO. The van der Waals surface area contributed by atoms with Gasteiger partial charge < -0.3 is 10.1 Å². The zero-order valence-corrected chi connectivity index (χ0v) is 8.15. The second-order valence-corrected chi connectivity index (χ2v) is 3.70. The minimum Gasteiger partial charge on any atom is -0.381 e. The molecule has 1 rings (SSSR count). The van der Waals surface area contributed by atoms with Gasteiger partial charge in [-0.3, -0.25) is 0 Å². The van der Waals surface area contributed by atoms with Crippen molar-refractivity contribution in [2.75, 3.05) is 20.3 Å². The largest absolute Gasteiger partial charge is 0.381 e. The molecule has 78 valence electrons. The highest BCUT2D eigenvalue weighted by Crippen LogP contribution is 2.28. The molecule has 2 atom stereocenters. The summed E-state index contributed by atoms with van der Waals surface area (Å²) < 4.78 is 31.3. The van der Waals surface area contributed by atoms with Crippen molar-refractivity contribution in [1.82, 2.24) is 5.32 Å². The van der Waals surface area contributed by atoms with Gasteiger partial charge in [0.05, 0.1) is 12.6 Å². The van der Waals surface area contributed by atoms with Crippen molar-refractivity contribution >= 4 is 0 Å². The van der Waals surface area contributed by atoms with E-state index in [9.17, 15) is 8.78 Å². The van der Waals surface area contributed by atoms with Crippen LogP contribution in [0, 0.1) is 5.92 Å². The van der Waals surface area contributed by atoms with Gasteiger partial charge in [-0.1, -0.05) is 0 Å². The molecule has 1 N–H and O–H groups in total. The average molecular weight is 193 g/mol. The first-order chi connectivity index (χ1) is 6.05. The summed E-state index contributed by atoms with van der Waals surface area (Å²) >= 11 is 0. The van der Waals surface area contributed by atoms with E-state index in [1.807, 2.05) is 0 Å². The number of ether oxygens (including phenoxy) is 1. The standard InChI is InChI=1S/C9H17F2NO/c1-9(10,11)8(12-2)7-4-3-5-13-6-7/h7-8,12H,3-6H2,1-2H3. The Morgan fingerprint density at radius 1 is 1.54 bits per heavy atom. The zero-order valence-electron chi connectivity index (χ0n) is 8.15. The third-order valence-corrected chi connectivity index (χ3v) is 2.52. The maximum absolute atomic E-state index is 13.1. The van der Waals surface area contributed by atoms with Crippen LogP contribution >= 0.6 is 0 Å². The predicted molar refractivity (Wildman–Crippen MR) is 47.0 cm³/mol. The van der Waals surface area contributed by atoms with E-state index in [1.54, 1.807) is 7.05 Å². The molecule has 0 spiro atoms. The van der Waals surface area contributed by atoms with E-state index in [4.69, 9.17) is 4.74 Å². The Morgan fingerprint density at radius 3 is 2.62 bits per heavy atom. The molecule has 1 aliphatic rings. The molecule has 0 saturated carbocycles. The predicted octanol–water partition coefficient (Wildman–Crippen LogP) is 1.66. The van der Waals surface area contributed by atoms with Gasteiger partial charge in [0.15, 0.2) is 0 Å². The van der Waals surface area contributed by atoms with Gasteiger partial charge in [-0.2, -0.15) is 0 Å². The highest BCUT2D eigenvalue weighted by Gasteiger charge is 2.39. The summed E-state index contributed by atoms with van der Waals surface area (Å²) in [6.45, 7) is 2.12.